The zero-order valence-electron chi connectivity index (χ0n) is 21.8. The molecule has 1 saturated heterocycles. The Balaban J connectivity index is 1.31. The van der Waals surface area contributed by atoms with Crippen molar-refractivity contribution in [3.05, 3.63) is 48.5 Å². The van der Waals surface area contributed by atoms with Crippen molar-refractivity contribution in [2.75, 3.05) is 38.5 Å². The van der Waals surface area contributed by atoms with E-state index in [9.17, 15) is 20.1 Å². The van der Waals surface area contributed by atoms with Gasteiger partial charge in [-0.05, 0) is 50.9 Å². The minimum Gasteiger partial charge on any atom is -0.480 e. The number of aliphatic hydroxyl groups is 2. The number of benzene rings is 1. The summed E-state index contributed by atoms with van der Waals surface area (Å²) in [4.78, 5) is 25.6. The maximum atomic E-state index is 11.2. The fraction of sp³-hybridized carbons (Fsp3) is 0.538. The predicted octanol–water partition coefficient (Wildman–Crippen LogP) is -0.256. The molecule has 2 aromatic heterocycles. The van der Waals surface area contributed by atoms with E-state index in [2.05, 4.69) is 32.4 Å². The first-order valence-corrected chi connectivity index (χ1v) is 13.2. The summed E-state index contributed by atoms with van der Waals surface area (Å²) >= 11 is 0. The number of nitrogens with one attached hydrogen (secondary N) is 1. The van der Waals surface area contributed by atoms with Crippen molar-refractivity contribution in [3.63, 3.8) is 0 Å². The Hall–Kier alpha value is -3.20. The third-order valence-electron chi connectivity index (χ3n) is 7.00. The highest BCUT2D eigenvalue weighted by molar-refractivity contribution is 5.81. The number of anilines is 1. The monoisotopic (exact) mass is 542 g/mol. The number of aliphatic carboxylic acids is 1. The summed E-state index contributed by atoms with van der Waals surface area (Å²) in [5, 5.41) is 34.2. The number of rotatable bonds is 15. The van der Waals surface area contributed by atoms with Gasteiger partial charge in [0.25, 0.3) is 0 Å². The molecule has 13 nitrogen and oxygen atoms in total. The second-order valence-corrected chi connectivity index (χ2v) is 9.86. The van der Waals surface area contributed by atoms with Crippen LogP contribution in [0.4, 0.5) is 5.82 Å². The standard InChI is InChI=1S/C26H38N8O5/c27-18(26(37)38)9-13-33(12-5-11-29-10-4-8-17-6-2-1-3-7-17)14-19-21(35)22(36)25(39-19)34-16-32-20-23(28)30-15-31-24(20)34/h1-3,6-7,15-16,18-19,21-22,25,29,35-36H,4-5,8-14,27H2,(H,37,38)(H2,28,30,31)/t18?,19-,21-,22-,25-/m1/s1. The normalized spacial score (nSPS) is 22.1. The maximum Gasteiger partial charge on any atom is 0.320 e. The molecule has 1 aliphatic rings. The van der Waals surface area contributed by atoms with Gasteiger partial charge in [-0.1, -0.05) is 30.3 Å². The molecule has 13 heteroatoms. The molecule has 0 radical (unpaired) electrons. The summed E-state index contributed by atoms with van der Waals surface area (Å²) in [6.07, 6.45) is 1.82. The van der Waals surface area contributed by atoms with Crippen molar-refractivity contribution >= 4 is 23.0 Å². The lowest BCUT2D eigenvalue weighted by molar-refractivity contribution is -0.138. The molecular formula is C26H38N8O5. The number of aliphatic hydroxyl groups excluding tert-OH is 2. The number of hydrogen-bond acceptors (Lipinski definition) is 11. The van der Waals surface area contributed by atoms with Crippen LogP contribution in [-0.4, -0.2) is 103 Å². The molecule has 0 spiro atoms. The number of nitrogens with two attached hydrogens (primary N) is 2. The quantitative estimate of drug-likeness (QED) is 0.138. The number of imidazole rings is 1. The second-order valence-electron chi connectivity index (χ2n) is 9.86. The lowest BCUT2D eigenvalue weighted by atomic mass is 10.1. The maximum absolute atomic E-state index is 11.2. The van der Waals surface area contributed by atoms with E-state index in [1.807, 2.05) is 23.1 Å². The Kier molecular flexibility index (Phi) is 10.1. The number of hydrogen-bond donors (Lipinski definition) is 6. The molecule has 1 aliphatic heterocycles. The van der Waals surface area contributed by atoms with Crippen LogP contribution in [0.15, 0.2) is 43.0 Å². The molecule has 212 valence electrons. The lowest BCUT2D eigenvalue weighted by Gasteiger charge is -2.27. The van der Waals surface area contributed by atoms with Crippen LogP contribution in [0.5, 0.6) is 0 Å². The highest BCUT2D eigenvalue weighted by atomic mass is 16.6. The van der Waals surface area contributed by atoms with Crippen molar-refractivity contribution in [1.82, 2.24) is 29.7 Å². The summed E-state index contributed by atoms with van der Waals surface area (Å²) < 4.78 is 7.61. The zero-order chi connectivity index (χ0) is 27.8. The van der Waals surface area contributed by atoms with Gasteiger partial charge in [0.05, 0.1) is 6.33 Å². The number of nitrogens with zero attached hydrogens (tertiary/aromatic N) is 5. The molecule has 3 aromatic rings. The van der Waals surface area contributed by atoms with Gasteiger partial charge in [-0.3, -0.25) is 9.36 Å². The fourth-order valence-electron chi connectivity index (χ4n) is 4.77. The molecule has 4 rings (SSSR count). The summed E-state index contributed by atoms with van der Waals surface area (Å²) in [5.74, 6) is -0.853. The van der Waals surface area contributed by atoms with Gasteiger partial charge in [-0.25, -0.2) is 15.0 Å². The van der Waals surface area contributed by atoms with Crippen molar-refractivity contribution in [2.24, 2.45) is 5.73 Å². The van der Waals surface area contributed by atoms with Gasteiger partial charge in [0.1, 0.15) is 36.2 Å². The number of aryl methyl sites for hydroxylation is 1. The molecule has 0 amide bonds. The first-order valence-electron chi connectivity index (χ1n) is 13.2. The SMILES string of the molecule is Nc1ncnc2c1ncn2[C@@H]1O[C@H](CN(CCCNCCCc2ccccc2)CCC(N)C(=O)O)[C@@H](O)[C@H]1O. The van der Waals surface area contributed by atoms with E-state index in [4.69, 9.17) is 16.2 Å². The molecule has 5 atom stereocenters. The topological polar surface area (TPSA) is 198 Å². The Morgan fingerprint density at radius 2 is 1.87 bits per heavy atom. The van der Waals surface area contributed by atoms with Crippen molar-refractivity contribution in [2.45, 2.75) is 56.3 Å². The predicted molar refractivity (Wildman–Crippen MR) is 145 cm³/mol. The van der Waals surface area contributed by atoms with Gasteiger partial charge in [0, 0.05) is 13.1 Å². The fourth-order valence-corrected chi connectivity index (χ4v) is 4.77. The molecule has 0 bridgehead atoms. The van der Waals surface area contributed by atoms with E-state index >= 15 is 0 Å². The molecule has 3 heterocycles. The first kappa shape index (κ1) is 28.8. The number of carboxylic acids is 1. The molecule has 0 saturated carbocycles. The van der Waals surface area contributed by atoms with E-state index in [-0.39, 0.29) is 12.2 Å². The molecule has 8 N–H and O–H groups in total. The van der Waals surface area contributed by atoms with Crippen LogP contribution in [0.2, 0.25) is 0 Å². The smallest absolute Gasteiger partial charge is 0.320 e. The minimum atomic E-state index is -1.22. The molecule has 1 fully saturated rings. The number of carboxylic acid groups (broad SMARTS) is 1. The van der Waals surface area contributed by atoms with Gasteiger partial charge in [0.15, 0.2) is 17.7 Å². The second kappa shape index (κ2) is 13.7. The Labute approximate surface area is 226 Å². The Morgan fingerprint density at radius 3 is 2.64 bits per heavy atom. The van der Waals surface area contributed by atoms with Gasteiger partial charge in [-0.15, -0.1) is 0 Å². The van der Waals surface area contributed by atoms with E-state index in [1.165, 1.54) is 22.8 Å². The third kappa shape index (κ3) is 7.47. The van der Waals surface area contributed by atoms with E-state index < -0.39 is 36.6 Å². The van der Waals surface area contributed by atoms with E-state index in [1.54, 1.807) is 0 Å². The van der Waals surface area contributed by atoms with Crippen LogP contribution >= 0.6 is 0 Å². The van der Waals surface area contributed by atoms with Gasteiger partial charge < -0.3 is 41.7 Å². The van der Waals surface area contributed by atoms with E-state index in [0.717, 1.165) is 32.4 Å². The molecule has 1 unspecified atom stereocenters. The summed E-state index contributed by atoms with van der Waals surface area (Å²) in [6.45, 7) is 3.02. The van der Waals surface area contributed by atoms with Crippen LogP contribution < -0.4 is 16.8 Å². The third-order valence-corrected chi connectivity index (χ3v) is 7.00. The van der Waals surface area contributed by atoms with Crippen molar-refractivity contribution in [1.29, 1.82) is 0 Å². The first-order chi connectivity index (χ1) is 18.8. The highest BCUT2D eigenvalue weighted by Crippen LogP contribution is 2.32. The molecule has 1 aromatic carbocycles. The van der Waals surface area contributed by atoms with Crippen LogP contribution in [0, 0.1) is 0 Å². The highest BCUT2D eigenvalue weighted by Gasteiger charge is 2.44. The van der Waals surface area contributed by atoms with Crippen LogP contribution in [0.25, 0.3) is 11.2 Å². The number of fused-ring (bicyclic) bond motifs is 1. The summed E-state index contributed by atoms with van der Waals surface area (Å²) in [5.41, 5.74) is 13.7. The van der Waals surface area contributed by atoms with Gasteiger partial charge >= 0.3 is 5.97 Å². The van der Waals surface area contributed by atoms with Crippen molar-refractivity contribution in [3.8, 4) is 0 Å². The van der Waals surface area contributed by atoms with Crippen LogP contribution in [-0.2, 0) is 16.0 Å². The number of aromatic nitrogens is 4. The molecule has 0 aliphatic carbocycles. The summed E-state index contributed by atoms with van der Waals surface area (Å²) in [6, 6.07) is 9.36. The van der Waals surface area contributed by atoms with Crippen LogP contribution in [0.1, 0.15) is 31.1 Å². The Bertz CT molecular complexity index is 1200. The lowest BCUT2D eigenvalue weighted by Crippen LogP contribution is -2.43. The number of ether oxygens (including phenoxy) is 1. The largest absolute Gasteiger partial charge is 0.480 e. The van der Waals surface area contributed by atoms with Crippen molar-refractivity contribution < 1.29 is 24.9 Å². The van der Waals surface area contributed by atoms with E-state index in [0.29, 0.717) is 30.8 Å². The average Bonchev–Trinajstić information content (AvgIpc) is 3.48. The zero-order valence-corrected chi connectivity index (χ0v) is 21.8. The van der Waals surface area contributed by atoms with Gasteiger partial charge in [-0.2, -0.15) is 0 Å². The average molecular weight is 543 g/mol. The number of carbonyl (C=O) groups is 1. The number of nitrogen functional groups attached to an aromatic ring is 1. The summed E-state index contributed by atoms with van der Waals surface area (Å²) in [7, 11) is 0. The van der Waals surface area contributed by atoms with Crippen LogP contribution in [0.3, 0.4) is 0 Å². The molecular weight excluding hydrogens is 504 g/mol. The van der Waals surface area contributed by atoms with Gasteiger partial charge in [0.2, 0.25) is 0 Å². The molecule has 39 heavy (non-hydrogen) atoms. The Morgan fingerprint density at radius 1 is 1.10 bits per heavy atom. The minimum absolute atomic E-state index is 0.206.